The number of thiazole rings is 1. The van der Waals surface area contributed by atoms with Gasteiger partial charge in [0.1, 0.15) is 10.9 Å². The minimum Gasteiger partial charge on any atom is -0.481 e. The van der Waals surface area contributed by atoms with E-state index in [4.69, 9.17) is 5.11 Å². The van der Waals surface area contributed by atoms with Crippen LogP contribution in [0.25, 0.3) is 0 Å². The molecule has 1 aromatic heterocycles. The van der Waals surface area contributed by atoms with Crippen LogP contribution in [0, 0.1) is 0 Å². The third-order valence-electron chi connectivity index (χ3n) is 2.03. The highest BCUT2D eigenvalue weighted by Gasteiger charge is 2.22. The molecule has 1 aromatic rings. The lowest BCUT2D eigenvalue weighted by atomic mass is 9.93. The van der Waals surface area contributed by atoms with Crippen LogP contribution in [-0.2, 0) is 10.2 Å². The van der Waals surface area contributed by atoms with E-state index in [0.29, 0.717) is 5.01 Å². The Morgan fingerprint density at radius 1 is 1.57 bits per heavy atom. The Morgan fingerprint density at radius 3 is 2.50 bits per heavy atom. The zero-order valence-corrected chi connectivity index (χ0v) is 9.68. The van der Waals surface area contributed by atoms with E-state index in [-0.39, 0.29) is 5.41 Å². The van der Waals surface area contributed by atoms with Crippen LogP contribution in [0.1, 0.15) is 44.3 Å². The Balaban J connectivity index is 2.94. The van der Waals surface area contributed by atoms with E-state index in [9.17, 15) is 4.79 Å². The summed E-state index contributed by atoms with van der Waals surface area (Å²) >= 11 is 1.42. The summed E-state index contributed by atoms with van der Waals surface area (Å²) in [6.07, 6.45) is 0. The monoisotopic (exact) mass is 213 g/mol. The van der Waals surface area contributed by atoms with E-state index >= 15 is 0 Å². The number of hydrogen-bond donors (Lipinski definition) is 1. The van der Waals surface area contributed by atoms with Crippen LogP contribution in [0.4, 0.5) is 0 Å². The van der Waals surface area contributed by atoms with Crippen LogP contribution in [-0.4, -0.2) is 16.1 Å². The molecule has 0 aromatic carbocycles. The number of rotatable bonds is 2. The van der Waals surface area contributed by atoms with Gasteiger partial charge < -0.3 is 5.11 Å². The second kappa shape index (κ2) is 3.69. The van der Waals surface area contributed by atoms with Crippen molar-refractivity contribution in [3.63, 3.8) is 0 Å². The van der Waals surface area contributed by atoms with Gasteiger partial charge in [-0.1, -0.05) is 20.8 Å². The van der Waals surface area contributed by atoms with Crippen LogP contribution in [0.2, 0.25) is 0 Å². The summed E-state index contributed by atoms with van der Waals surface area (Å²) in [7, 11) is 0. The molecule has 0 saturated heterocycles. The first kappa shape index (κ1) is 11.2. The standard InChI is InChI=1S/C10H15NO2S/c1-6(9(12)13)8-11-7(5-14-8)10(2,3)4/h5-6H,1-4H3,(H,12,13). The molecule has 1 atom stereocenters. The SMILES string of the molecule is CC(C(=O)O)c1nc(C(C)(C)C)cs1. The number of aliphatic carboxylic acids is 1. The van der Waals surface area contributed by atoms with Crippen molar-refractivity contribution in [2.24, 2.45) is 0 Å². The lowest BCUT2D eigenvalue weighted by Gasteiger charge is -2.14. The number of hydrogen-bond acceptors (Lipinski definition) is 3. The van der Waals surface area contributed by atoms with Gasteiger partial charge in [0, 0.05) is 10.8 Å². The van der Waals surface area contributed by atoms with Crippen molar-refractivity contribution in [1.29, 1.82) is 0 Å². The van der Waals surface area contributed by atoms with Crippen LogP contribution < -0.4 is 0 Å². The zero-order chi connectivity index (χ0) is 10.9. The number of aromatic nitrogens is 1. The highest BCUT2D eigenvalue weighted by atomic mass is 32.1. The van der Waals surface area contributed by atoms with E-state index < -0.39 is 11.9 Å². The fraction of sp³-hybridized carbons (Fsp3) is 0.600. The summed E-state index contributed by atoms with van der Waals surface area (Å²) in [6, 6.07) is 0. The number of nitrogens with zero attached hydrogens (tertiary/aromatic N) is 1. The Labute approximate surface area is 87.8 Å². The van der Waals surface area contributed by atoms with Crippen molar-refractivity contribution in [2.45, 2.75) is 39.0 Å². The molecule has 0 spiro atoms. The molecule has 1 N–H and O–H groups in total. The predicted molar refractivity (Wildman–Crippen MR) is 56.9 cm³/mol. The normalized spacial score (nSPS) is 14.0. The lowest BCUT2D eigenvalue weighted by molar-refractivity contribution is -0.138. The predicted octanol–water partition coefficient (Wildman–Crippen LogP) is 2.63. The molecule has 0 saturated carbocycles. The maximum atomic E-state index is 10.7. The van der Waals surface area contributed by atoms with Crippen molar-refractivity contribution in [2.75, 3.05) is 0 Å². The first-order valence-electron chi connectivity index (χ1n) is 4.51. The minimum atomic E-state index is -0.820. The summed E-state index contributed by atoms with van der Waals surface area (Å²) in [5.74, 6) is -1.32. The molecule has 0 bridgehead atoms. The fourth-order valence-corrected chi connectivity index (χ4v) is 2.03. The van der Waals surface area contributed by atoms with E-state index in [2.05, 4.69) is 25.8 Å². The van der Waals surface area contributed by atoms with Gasteiger partial charge in [-0.25, -0.2) is 4.98 Å². The summed E-state index contributed by atoms with van der Waals surface area (Å²) in [5.41, 5.74) is 0.957. The Kier molecular flexibility index (Phi) is 2.95. The van der Waals surface area contributed by atoms with Gasteiger partial charge in [-0.3, -0.25) is 4.79 Å². The van der Waals surface area contributed by atoms with Crippen LogP contribution in [0.3, 0.4) is 0 Å². The summed E-state index contributed by atoms with van der Waals surface area (Å²) in [4.78, 5) is 15.1. The van der Waals surface area contributed by atoms with Crippen molar-refractivity contribution >= 4 is 17.3 Å². The van der Waals surface area contributed by atoms with Crippen molar-refractivity contribution in [3.8, 4) is 0 Å². The smallest absolute Gasteiger partial charge is 0.313 e. The van der Waals surface area contributed by atoms with Gasteiger partial charge in [-0.2, -0.15) is 0 Å². The van der Waals surface area contributed by atoms with Crippen LogP contribution in [0.15, 0.2) is 5.38 Å². The topological polar surface area (TPSA) is 50.2 Å². The van der Waals surface area contributed by atoms with Gasteiger partial charge in [0.05, 0.1) is 5.69 Å². The highest BCUT2D eigenvalue weighted by Crippen LogP contribution is 2.27. The molecule has 1 rings (SSSR count). The van der Waals surface area contributed by atoms with Crippen molar-refractivity contribution < 1.29 is 9.90 Å². The van der Waals surface area contributed by atoms with Gasteiger partial charge in [0.15, 0.2) is 0 Å². The molecule has 1 heterocycles. The average Bonchev–Trinajstić information content (AvgIpc) is 2.49. The Bertz CT molecular complexity index is 338. The van der Waals surface area contributed by atoms with E-state index in [1.165, 1.54) is 11.3 Å². The molecule has 3 nitrogen and oxygen atoms in total. The zero-order valence-electron chi connectivity index (χ0n) is 8.87. The van der Waals surface area contributed by atoms with Crippen LogP contribution in [0.5, 0.6) is 0 Å². The summed E-state index contributed by atoms with van der Waals surface area (Å²) < 4.78 is 0. The molecule has 0 aliphatic heterocycles. The van der Waals surface area contributed by atoms with E-state index in [0.717, 1.165) is 5.69 Å². The molecule has 78 valence electrons. The molecule has 0 fully saturated rings. The third-order valence-corrected chi connectivity index (χ3v) is 3.06. The molecular formula is C10H15NO2S. The van der Waals surface area contributed by atoms with Gasteiger partial charge in [-0.05, 0) is 6.92 Å². The maximum Gasteiger partial charge on any atom is 0.313 e. The first-order chi connectivity index (χ1) is 6.32. The maximum absolute atomic E-state index is 10.7. The number of carboxylic acid groups (broad SMARTS) is 1. The average molecular weight is 213 g/mol. The Morgan fingerprint density at radius 2 is 2.14 bits per heavy atom. The Hall–Kier alpha value is -0.900. The minimum absolute atomic E-state index is 0.00697. The largest absolute Gasteiger partial charge is 0.481 e. The summed E-state index contributed by atoms with van der Waals surface area (Å²) in [5, 5.41) is 11.4. The van der Waals surface area contributed by atoms with Crippen molar-refractivity contribution in [1.82, 2.24) is 4.98 Å². The van der Waals surface area contributed by atoms with Gasteiger partial charge in [-0.15, -0.1) is 11.3 Å². The first-order valence-corrected chi connectivity index (χ1v) is 5.39. The van der Waals surface area contributed by atoms with Crippen molar-refractivity contribution in [3.05, 3.63) is 16.1 Å². The molecular weight excluding hydrogens is 198 g/mol. The fourth-order valence-electron chi connectivity index (χ4n) is 0.937. The number of carboxylic acids is 1. The second-order valence-electron chi connectivity index (χ2n) is 4.38. The highest BCUT2D eigenvalue weighted by molar-refractivity contribution is 7.09. The number of carbonyl (C=O) groups is 1. The van der Waals surface area contributed by atoms with E-state index in [1.54, 1.807) is 6.92 Å². The van der Waals surface area contributed by atoms with Gasteiger partial charge in [0.2, 0.25) is 0 Å². The quantitative estimate of drug-likeness (QED) is 0.821. The molecule has 0 aliphatic carbocycles. The van der Waals surface area contributed by atoms with Gasteiger partial charge in [0.25, 0.3) is 0 Å². The molecule has 0 amide bonds. The van der Waals surface area contributed by atoms with E-state index in [1.807, 2.05) is 5.38 Å². The molecule has 0 aliphatic rings. The van der Waals surface area contributed by atoms with Crippen LogP contribution >= 0.6 is 11.3 Å². The molecule has 14 heavy (non-hydrogen) atoms. The molecule has 4 heteroatoms. The third kappa shape index (κ3) is 2.32. The second-order valence-corrected chi connectivity index (χ2v) is 5.27. The van der Waals surface area contributed by atoms with Gasteiger partial charge >= 0.3 is 5.97 Å². The summed E-state index contributed by atoms with van der Waals surface area (Å²) in [6.45, 7) is 7.86. The molecule has 0 radical (unpaired) electrons. The molecule has 1 unspecified atom stereocenters. The lowest BCUT2D eigenvalue weighted by Crippen LogP contribution is -2.13.